The first-order valence-corrected chi connectivity index (χ1v) is 12.0. The summed E-state index contributed by atoms with van der Waals surface area (Å²) in [5, 5.41) is 0.436. The Morgan fingerprint density at radius 2 is 1.29 bits per heavy atom. The van der Waals surface area contributed by atoms with Gasteiger partial charge in [0.1, 0.15) is 17.0 Å². The third-order valence-corrected chi connectivity index (χ3v) is 6.10. The molecule has 0 aliphatic rings. The zero-order chi connectivity index (χ0) is 24.5. The summed E-state index contributed by atoms with van der Waals surface area (Å²) >= 11 is 12.9. The summed E-state index contributed by atoms with van der Waals surface area (Å²) in [6.07, 6.45) is 10.4. The van der Waals surface area contributed by atoms with Crippen molar-refractivity contribution in [1.29, 1.82) is 0 Å². The number of imidazole rings is 2. The number of hydrogen-bond donors (Lipinski definition) is 2. The maximum Gasteiger partial charge on any atom is 0.220 e. The highest BCUT2D eigenvalue weighted by atomic mass is 79.9. The number of halogens is 3. The van der Waals surface area contributed by atoms with Crippen molar-refractivity contribution in [3.63, 3.8) is 0 Å². The second-order valence-corrected chi connectivity index (χ2v) is 9.40. The lowest BCUT2D eigenvalue weighted by atomic mass is 10.3. The molecule has 6 rings (SSSR count). The fourth-order valence-corrected chi connectivity index (χ4v) is 4.21. The van der Waals surface area contributed by atoms with Gasteiger partial charge < -0.3 is 11.5 Å². The Morgan fingerprint density at radius 3 is 1.94 bits per heavy atom. The molecule has 10 nitrogen and oxygen atoms in total. The van der Waals surface area contributed by atoms with Crippen molar-refractivity contribution < 1.29 is 0 Å². The number of fused-ring (bicyclic) bond motifs is 2. The van der Waals surface area contributed by atoms with Gasteiger partial charge in [-0.15, -0.1) is 0 Å². The monoisotopic (exact) mass is 612 g/mol. The molecule has 0 amide bonds. The number of anilines is 2. The number of pyridine rings is 2. The molecule has 0 aliphatic heterocycles. The van der Waals surface area contributed by atoms with Gasteiger partial charge in [-0.25, -0.2) is 29.9 Å². The fraction of sp³-hybridized carbons (Fsp3) is 0. The average Bonchev–Trinajstić information content (AvgIpc) is 3.44. The fourth-order valence-electron chi connectivity index (χ4n) is 3.35. The SMILES string of the molecule is Nc1ncc(Cl)c(-c2cnc3ccc(Br)cn23)n1.Nc1nccc(-c2cnc3ccc(Br)cn23)n1. The van der Waals surface area contributed by atoms with Crippen LogP contribution in [-0.4, -0.2) is 38.7 Å². The van der Waals surface area contributed by atoms with Gasteiger partial charge in [0, 0.05) is 27.5 Å². The van der Waals surface area contributed by atoms with Crippen LogP contribution >= 0.6 is 43.5 Å². The Morgan fingerprint density at radius 1 is 0.686 bits per heavy atom. The molecule has 13 heteroatoms. The van der Waals surface area contributed by atoms with Gasteiger partial charge in [-0.3, -0.25) is 8.80 Å². The molecule has 6 aromatic rings. The minimum Gasteiger partial charge on any atom is -0.368 e. The van der Waals surface area contributed by atoms with Crippen LogP contribution in [0.5, 0.6) is 0 Å². The van der Waals surface area contributed by atoms with Crippen LogP contribution in [0.4, 0.5) is 11.9 Å². The standard InChI is InChI=1S/C11H7BrClN5.C11H8BrN5/c12-6-1-2-9-15-4-8(18(9)5-6)10-7(13)3-16-11(14)17-10;12-7-1-2-10-15-5-9(17(10)6-7)8-3-4-14-11(13)16-8/h1-5H,(H2,14,16,17);1-6H,(H2,13,14,16). The van der Waals surface area contributed by atoms with Crippen LogP contribution in [0.1, 0.15) is 0 Å². The number of hydrogen-bond acceptors (Lipinski definition) is 8. The quantitative estimate of drug-likeness (QED) is 0.280. The highest BCUT2D eigenvalue weighted by molar-refractivity contribution is 9.10. The Labute approximate surface area is 220 Å². The third kappa shape index (κ3) is 4.81. The minimum absolute atomic E-state index is 0.180. The molecular formula is C22H15Br2ClN10. The van der Waals surface area contributed by atoms with Gasteiger partial charge in [0.25, 0.3) is 0 Å². The van der Waals surface area contributed by atoms with E-state index in [9.17, 15) is 0 Å². The van der Waals surface area contributed by atoms with Crippen molar-refractivity contribution in [3.05, 3.63) is 81.5 Å². The Balaban J connectivity index is 0.000000145. The van der Waals surface area contributed by atoms with Crippen molar-refractivity contribution in [3.8, 4) is 22.8 Å². The van der Waals surface area contributed by atoms with E-state index < -0.39 is 0 Å². The van der Waals surface area contributed by atoms with E-state index in [1.54, 1.807) is 24.7 Å². The van der Waals surface area contributed by atoms with Crippen molar-refractivity contribution >= 4 is 66.7 Å². The molecule has 0 radical (unpaired) electrons. The highest BCUT2D eigenvalue weighted by Gasteiger charge is 2.12. The molecule has 6 aromatic heterocycles. The molecule has 0 saturated heterocycles. The summed E-state index contributed by atoms with van der Waals surface area (Å²) in [5.74, 6) is 0.437. The normalized spacial score (nSPS) is 10.9. The summed E-state index contributed by atoms with van der Waals surface area (Å²) in [6, 6.07) is 9.49. The van der Waals surface area contributed by atoms with Crippen LogP contribution < -0.4 is 11.5 Å². The van der Waals surface area contributed by atoms with E-state index in [-0.39, 0.29) is 11.9 Å². The minimum atomic E-state index is 0.180. The lowest BCUT2D eigenvalue weighted by molar-refractivity contribution is 1.13. The van der Waals surface area contributed by atoms with Crippen molar-refractivity contribution in [2.24, 2.45) is 0 Å². The molecule has 174 valence electrons. The predicted molar refractivity (Wildman–Crippen MR) is 142 cm³/mol. The smallest absolute Gasteiger partial charge is 0.220 e. The summed E-state index contributed by atoms with van der Waals surface area (Å²) in [5.41, 5.74) is 15.8. The first-order valence-electron chi connectivity index (χ1n) is 10.0. The summed E-state index contributed by atoms with van der Waals surface area (Å²) in [4.78, 5) is 24.7. The molecule has 0 saturated carbocycles. The Kier molecular flexibility index (Phi) is 6.32. The van der Waals surface area contributed by atoms with E-state index in [0.29, 0.717) is 10.7 Å². The lowest BCUT2D eigenvalue weighted by Gasteiger charge is -2.04. The van der Waals surface area contributed by atoms with Gasteiger partial charge in [-0.1, -0.05) is 11.6 Å². The zero-order valence-corrected chi connectivity index (χ0v) is 21.6. The highest BCUT2D eigenvalue weighted by Crippen LogP contribution is 2.27. The molecule has 0 atom stereocenters. The van der Waals surface area contributed by atoms with Gasteiger partial charge in [0.05, 0.1) is 40.7 Å². The number of nitrogens with zero attached hydrogens (tertiary/aromatic N) is 8. The van der Waals surface area contributed by atoms with Crippen molar-refractivity contribution in [1.82, 2.24) is 38.7 Å². The van der Waals surface area contributed by atoms with Gasteiger partial charge in [0.15, 0.2) is 0 Å². The largest absolute Gasteiger partial charge is 0.368 e. The summed E-state index contributed by atoms with van der Waals surface area (Å²) in [7, 11) is 0. The van der Waals surface area contributed by atoms with E-state index in [1.165, 1.54) is 6.20 Å². The average molecular weight is 615 g/mol. The van der Waals surface area contributed by atoms with Crippen LogP contribution in [0, 0.1) is 0 Å². The third-order valence-electron chi connectivity index (χ3n) is 4.88. The van der Waals surface area contributed by atoms with Gasteiger partial charge >= 0.3 is 0 Å². The maximum atomic E-state index is 6.09. The van der Waals surface area contributed by atoms with E-state index in [4.69, 9.17) is 23.1 Å². The predicted octanol–water partition coefficient (Wildman–Crippen LogP) is 4.93. The van der Waals surface area contributed by atoms with Crippen LogP contribution in [0.3, 0.4) is 0 Å². The second kappa shape index (κ2) is 9.56. The van der Waals surface area contributed by atoms with Crippen molar-refractivity contribution in [2.75, 3.05) is 11.5 Å². The maximum absolute atomic E-state index is 6.09. The van der Waals surface area contributed by atoms with Crippen LogP contribution in [-0.2, 0) is 0 Å². The van der Waals surface area contributed by atoms with Crippen molar-refractivity contribution in [2.45, 2.75) is 0 Å². The molecular weight excluding hydrogens is 600 g/mol. The molecule has 0 bridgehead atoms. The van der Waals surface area contributed by atoms with E-state index in [2.05, 4.69) is 61.8 Å². The molecule has 0 spiro atoms. The second-order valence-electron chi connectivity index (χ2n) is 7.16. The molecule has 0 fully saturated rings. The van der Waals surface area contributed by atoms with Crippen LogP contribution in [0.15, 0.2) is 76.5 Å². The summed E-state index contributed by atoms with van der Waals surface area (Å²) < 4.78 is 5.75. The first-order chi connectivity index (χ1) is 16.9. The zero-order valence-electron chi connectivity index (χ0n) is 17.7. The van der Waals surface area contributed by atoms with Crippen LogP contribution in [0.25, 0.3) is 34.1 Å². The first kappa shape index (κ1) is 23.1. The number of nitrogens with two attached hydrogens (primary N) is 2. The van der Waals surface area contributed by atoms with Gasteiger partial charge in [-0.2, -0.15) is 0 Å². The molecule has 6 heterocycles. The Bertz CT molecular complexity index is 1680. The number of rotatable bonds is 2. The lowest BCUT2D eigenvalue weighted by Crippen LogP contribution is -1.98. The van der Waals surface area contributed by atoms with Gasteiger partial charge in [0.2, 0.25) is 11.9 Å². The number of aromatic nitrogens is 8. The molecule has 0 aliphatic carbocycles. The van der Waals surface area contributed by atoms with E-state index in [0.717, 1.165) is 37.3 Å². The summed E-state index contributed by atoms with van der Waals surface area (Å²) in [6.45, 7) is 0. The molecule has 35 heavy (non-hydrogen) atoms. The topological polar surface area (TPSA) is 138 Å². The van der Waals surface area contributed by atoms with Crippen LogP contribution in [0.2, 0.25) is 5.02 Å². The molecule has 0 aromatic carbocycles. The number of nitrogen functional groups attached to an aromatic ring is 2. The van der Waals surface area contributed by atoms with E-state index in [1.807, 2.05) is 45.5 Å². The molecule has 0 unspecified atom stereocenters. The van der Waals surface area contributed by atoms with Gasteiger partial charge in [-0.05, 0) is 62.2 Å². The van der Waals surface area contributed by atoms with E-state index >= 15 is 0 Å². The molecule has 4 N–H and O–H groups in total. The Hall–Kier alpha value is -3.61.